The van der Waals surface area contributed by atoms with Crippen LogP contribution in [0.5, 0.6) is 0 Å². The summed E-state index contributed by atoms with van der Waals surface area (Å²) in [5, 5.41) is 0. The van der Waals surface area contributed by atoms with Crippen LogP contribution in [-0.4, -0.2) is 0 Å². The normalized spacial score (nSPS) is 13.4. The topological polar surface area (TPSA) is 0 Å². The Labute approximate surface area is 127 Å². The second kappa shape index (κ2) is 12.1. The third-order valence-electron chi connectivity index (χ3n) is 2.67. The summed E-state index contributed by atoms with van der Waals surface area (Å²) in [6, 6.07) is 0. The van der Waals surface area contributed by atoms with Gasteiger partial charge in [0, 0.05) is 0 Å². The van der Waals surface area contributed by atoms with Gasteiger partial charge in [0.05, 0.1) is 0 Å². The van der Waals surface area contributed by atoms with E-state index in [9.17, 15) is 0 Å². The average molecular weight is 337 g/mol. The van der Waals surface area contributed by atoms with E-state index in [0.29, 0.717) is 0 Å². The van der Waals surface area contributed by atoms with Crippen molar-refractivity contribution in [3.05, 3.63) is 33.7 Å². The molecule has 0 heterocycles. The van der Waals surface area contributed by atoms with Crippen LogP contribution in [0.4, 0.5) is 0 Å². The van der Waals surface area contributed by atoms with Crippen molar-refractivity contribution in [2.75, 3.05) is 0 Å². The van der Waals surface area contributed by atoms with E-state index in [4.69, 9.17) is 0 Å². The number of hydrogen-bond donors (Lipinski definition) is 0. The molecule has 0 aromatic carbocycles. The SMILES string of the molecule is C=CCCCCCCC1=[C]([Zr+2])C=CC1.[Cl-].[Cl-]. The predicted octanol–water partition coefficient (Wildman–Crippen LogP) is -1.72. The quantitative estimate of drug-likeness (QED) is 0.383. The van der Waals surface area contributed by atoms with E-state index in [0.717, 1.165) is 0 Å². The van der Waals surface area contributed by atoms with Crippen LogP contribution < -0.4 is 24.8 Å². The number of allylic oxidation sites excluding steroid dienone is 5. The fraction of sp³-hybridized carbons (Fsp3) is 0.538. The molecule has 3 heteroatoms. The van der Waals surface area contributed by atoms with Crippen molar-refractivity contribution in [2.45, 2.75) is 44.9 Å². The second-order valence-corrected chi connectivity index (χ2v) is 5.19. The van der Waals surface area contributed by atoms with Crippen LogP contribution in [0.15, 0.2) is 33.7 Å². The van der Waals surface area contributed by atoms with Gasteiger partial charge in [-0.15, -0.1) is 0 Å². The van der Waals surface area contributed by atoms with Gasteiger partial charge in [0.2, 0.25) is 0 Å². The summed E-state index contributed by atoms with van der Waals surface area (Å²) in [5.74, 6) is 0. The molecule has 0 fully saturated rings. The van der Waals surface area contributed by atoms with Crippen LogP contribution in [0.25, 0.3) is 0 Å². The summed E-state index contributed by atoms with van der Waals surface area (Å²) in [4.78, 5) is 0. The Morgan fingerprint density at radius 3 is 2.44 bits per heavy atom. The maximum Gasteiger partial charge on any atom is -1.00 e. The first kappa shape index (κ1) is 19.0. The van der Waals surface area contributed by atoms with Crippen molar-refractivity contribution in [2.24, 2.45) is 0 Å². The molecule has 0 unspecified atom stereocenters. The molecule has 0 atom stereocenters. The molecule has 0 aromatic rings. The van der Waals surface area contributed by atoms with E-state index >= 15 is 0 Å². The largest absolute Gasteiger partial charge is 1.00 e. The van der Waals surface area contributed by atoms with Crippen LogP contribution in [0.3, 0.4) is 0 Å². The van der Waals surface area contributed by atoms with Gasteiger partial charge in [-0.1, -0.05) is 0 Å². The molecule has 1 aliphatic rings. The van der Waals surface area contributed by atoms with Crippen molar-refractivity contribution >= 4 is 0 Å². The van der Waals surface area contributed by atoms with Crippen LogP contribution in [-0.2, 0) is 24.7 Å². The Morgan fingerprint density at radius 1 is 1.19 bits per heavy atom. The Hall–Kier alpha value is 0.683. The molecule has 1 aliphatic carbocycles. The summed E-state index contributed by atoms with van der Waals surface area (Å²) in [7, 11) is 0. The minimum Gasteiger partial charge on any atom is -1.00 e. The molecule has 0 amide bonds. The van der Waals surface area contributed by atoms with Crippen LogP contribution >= 0.6 is 0 Å². The fourth-order valence-electron chi connectivity index (χ4n) is 1.76. The molecule has 89 valence electrons. The fourth-order valence-corrected chi connectivity index (χ4v) is 2.61. The van der Waals surface area contributed by atoms with Crippen LogP contribution in [0.2, 0.25) is 0 Å². The summed E-state index contributed by atoms with van der Waals surface area (Å²) >= 11 is 1.59. The number of unbranched alkanes of at least 4 members (excludes halogenated alkanes) is 4. The molecular weight excluding hydrogens is 318 g/mol. The number of rotatable bonds is 7. The van der Waals surface area contributed by atoms with Gasteiger partial charge in [-0.2, -0.15) is 0 Å². The molecule has 0 spiro atoms. The Bertz CT molecular complexity index is 244. The maximum absolute atomic E-state index is 3.74. The van der Waals surface area contributed by atoms with Crippen molar-refractivity contribution < 1.29 is 49.5 Å². The third-order valence-corrected chi connectivity index (χ3v) is 3.95. The summed E-state index contributed by atoms with van der Waals surface area (Å²) in [5.41, 5.74) is 1.70. The molecule has 16 heavy (non-hydrogen) atoms. The van der Waals surface area contributed by atoms with E-state index in [2.05, 4.69) is 18.7 Å². The molecule has 0 aromatic heterocycles. The number of halogens is 2. The molecule has 0 nitrogen and oxygen atoms in total. The zero-order chi connectivity index (χ0) is 10.2. The standard InChI is InChI=1S/C13H19.2ClH.Zr/c1-2-3-4-5-6-7-10-13-11-8-9-12-13;;;/h2,8-9H,1,3-7,10-11H2;2*1H;/q;;;+2/p-2. The minimum atomic E-state index is 0. The van der Waals surface area contributed by atoms with Gasteiger partial charge >= 0.3 is 103 Å². The van der Waals surface area contributed by atoms with Crippen molar-refractivity contribution in [1.29, 1.82) is 0 Å². The maximum atomic E-state index is 3.74. The van der Waals surface area contributed by atoms with Gasteiger partial charge in [0.1, 0.15) is 0 Å². The van der Waals surface area contributed by atoms with Crippen molar-refractivity contribution in [3.63, 3.8) is 0 Å². The molecule has 0 saturated heterocycles. The van der Waals surface area contributed by atoms with E-state index < -0.39 is 0 Å². The third kappa shape index (κ3) is 7.88. The molecular formula is C13H19Cl2Zr. The monoisotopic (exact) mass is 335 g/mol. The van der Waals surface area contributed by atoms with Gasteiger partial charge in [-0.25, -0.2) is 0 Å². The van der Waals surface area contributed by atoms with E-state index in [1.54, 1.807) is 33.6 Å². The average Bonchev–Trinajstić information content (AvgIpc) is 2.58. The molecule has 0 N–H and O–H groups in total. The minimum absolute atomic E-state index is 0. The first-order valence-electron chi connectivity index (χ1n) is 5.55. The zero-order valence-electron chi connectivity index (χ0n) is 9.64. The summed E-state index contributed by atoms with van der Waals surface area (Å²) in [6.45, 7) is 3.74. The van der Waals surface area contributed by atoms with Gasteiger partial charge in [-0.05, 0) is 0 Å². The second-order valence-electron chi connectivity index (χ2n) is 3.87. The van der Waals surface area contributed by atoms with Crippen LogP contribution in [0.1, 0.15) is 44.9 Å². The first-order chi connectivity index (χ1) is 6.84. The molecule has 0 radical (unpaired) electrons. The Balaban J connectivity index is 0. The van der Waals surface area contributed by atoms with Gasteiger partial charge in [-0.3, -0.25) is 0 Å². The van der Waals surface area contributed by atoms with E-state index in [1.165, 1.54) is 44.9 Å². The molecule has 1 rings (SSSR count). The summed E-state index contributed by atoms with van der Waals surface area (Å²) < 4.78 is 1.60. The number of hydrogen-bond acceptors (Lipinski definition) is 0. The Kier molecular flexibility index (Phi) is 14.5. The van der Waals surface area contributed by atoms with Gasteiger partial charge in [0.15, 0.2) is 0 Å². The molecule has 0 bridgehead atoms. The van der Waals surface area contributed by atoms with E-state index in [1.807, 2.05) is 6.08 Å². The van der Waals surface area contributed by atoms with Gasteiger partial charge < -0.3 is 24.8 Å². The van der Waals surface area contributed by atoms with E-state index in [-0.39, 0.29) is 24.8 Å². The zero-order valence-corrected chi connectivity index (χ0v) is 13.6. The van der Waals surface area contributed by atoms with Crippen LogP contribution in [0, 0.1) is 0 Å². The smallest absolute Gasteiger partial charge is 1.00 e. The first-order valence-corrected chi connectivity index (χ1v) is 6.78. The molecule has 0 saturated carbocycles. The predicted molar refractivity (Wildman–Crippen MR) is 58.7 cm³/mol. The molecule has 0 aliphatic heterocycles. The van der Waals surface area contributed by atoms with Gasteiger partial charge in [0.25, 0.3) is 0 Å². The van der Waals surface area contributed by atoms with Crippen molar-refractivity contribution in [1.82, 2.24) is 0 Å². The summed E-state index contributed by atoms with van der Waals surface area (Å²) in [6.07, 6.45) is 15.8. The Morgan fingerprint density at radius 2 is 1.88 bits per heavy atom. The van der Waals surface area contributed by atoms with Crippen molar-refractivity contribution in [3.8, 4) is 0 Å².